The highest BCUT2D eigenvalue weighted by atomic mass is 79.9. The van der Waals surface area contributed by atoms with Gasteiger partial charge in [-0.05, 0) is 0 Å². The highest BCUT2D eigenvalue weighted by Crippen LogP contribution is 1.79. The summed E-state index contributed by atoms with van der Waals surface area (Å²) in [7, 11) is 0. The molecule has 0 radical (unpaired) electrons. The van der Waals surface area contributed by atoms with E-state index in [0.29, 0.717) is 0 Å². The lowest BCUT2D eigenvalue weighted by molar-refractivity contribution is 1.72. The van der Waals surface area contributed by atoms with Crippen LogP contribution in [-0.2, 0) is 0 Å². The van der Waals surface area contributed by atoms with Crippen LogP contribution in [0.5, 0.6) is 0 Å². The molecule has 11 heavy (non-hydrogen) atoms. The first-order chi connectivity index (χ1) is 3.00. The highest BCUT2D eigenvalue weighted by Gasteiger charge is 1.57. The molecule has 5 heteroatoms. The topological polar surface area (TPSA) is 0 Å². The third kappa shape index (κ3) is 18.5. The zero-order chi connectivity index (χ0) is 4.24. The van der Waals surface area contributed by atoms with Crippen molar-refractivity contribution in [1.29, 1.82) is 0 Å². The van der Waals surface area contributed by atoms with E-state index >= 15 is 0 Å². The van der Waals surface area contributed by atoms with Crippen molar-refractivity contribution in [2.24, 2.45) is 0 Å². The van der Waals surface area contributed by atoms with E-state index in [4.69, 9.17) is 0 Å². The number of hydrogen-bond donors (Lipinski definition) is 0. The van der Waals surface area contributed by atoms with E-state index in [1.807, 2.05) is 36.4 Å². The molecule has 0 aromatic heterocycles. The molecule has 0 bridgehead atoms. The van der Waals surface area contributed by atoms with Crippen molar-refractivity contribution in [1.82, 2.24) is 0 Å². The van der Waals surface area contributed by atoms with Crippen molar-refractivity contribution in [2.75, 3.05) is 0 Å². The first-order valence-corrected chi connectivity index (χ1v) is 2.00. The molecule has 0 atom stereocenters. The van der Waals surface area contributed by atoms with Gasteiger partial charge in [0.05, 0.1) is 0 Å². The molecule has 70 valence electrons. The van der Waals surface area contributed by atoms with E-state index in [1.165, 1.54) is 0 Å². The fraction of sp³-hybridized carbons (Fsp3) is 0. The van der Waals surface area contributed by atoms with Gasteiger partial charge < -0.3 is 0 Å². The molecule has 0 heterocycles. The van der Waals surface area contributed by atoms with Crippen molar-refractivity contribution in [2.45, 2.75) is 0 Å². The maximum atomic E-state index is 2.00. The Morgan fingerprint density at radius 1 is 0.273 bits per heavy atom. The van der Waals surface area contributed by atoms with Gasteiger partial charge >= 0.3 is 0 Å². The van der Waals surface area contributed by atoms with Crippen LogP contribution in [-0.4, -0.2) is 0 Å². The summed E-state index contributed by atoms with van der Waals surface area (Å²) in [5.41, 5.74) is 0. The van der Waals surface area contributed by atoms with Crippen LogP contribution in [0.4, 0.5) is 0 Å². The Balaban J connectivity index is -0.0000000240. The van der Waals surface area contributed by atoms with Crippen molar-refractivity contribution in [3.63, 3.8) is 0 Å². The molecular formula is C6H11Br5. The number of hydrogen-bond acceptors (Lipinski definition) is 0. The zero-order valence-corrected chi connectivity index (χ0v) is 14.1. The maximum Gasteiger partial charge on any atom is -0.0623 e. The van der Waals surface area contributed by atoms with Crippen molar-refractivity contribution in [3.05, 3.63) is 36.4 Å². The Hall–Kier alpha value is 1.62. The Labute approximate surface area is 120 Å². The van der Waals surface area contributed by atoms with E-state index in [1.54, 1.807) is 0 Å². The fourth-order valence-electron chi connectivity index (χ4n) is 0.385. The minimum atomic E-state index is 0. The average Bonchev–Trinajstić information content (AvgIpc) is 1.72. The van der Waals surface area contributed by atoms with Crippen LogP contribution in [0.15, 0.2) is 36.4 Å². The second-order valence-electron chi connectivity index (χ2n) is 1.15. The summed E-state index contributed by atoms with van der Waals surface area (Å²) < 4.78 is 0. The molecule has 0 saturated carbocycles. The summed E-state index contributed by atoms with van der Waals surface area (Å²) in [6.45, 7) is 0. The van der Waals surface area contributed by atoms with Crippen LogP contribution in [0, 0.1) is 0 Å². The standard InChI is InChI=1S/C6H6.5BrH/c1-2-4-6-5-3-1;;;;;/h1-6H;5*1H. The zero-order valence-electron chi connectivity index (χ0n) is 5.51. The van der Waals surface area contributed by atoms with Gasteiger partial charge in [0, 0.05) is 0 Å². The summed E-state index contributed by atoms with van der Waals surface area (Å²) in [5, 5.41) is 0. The van der Waals surface area contributed by atoms with Gasteiger partial charge in [0.15, 0.2) is 0 Å². The molecule has 0 aliphatic rings. The summed E-state index contributed by atoms with van der Waals surface area (Å²) in [6.07, 6.45) is 0. The molecule has 0 amide bonds. The largest absolute Gasteiger partial charge is 0.114 e. The summed E-state index contributed by atoms with van der Waals surface area (Å²) >= 11 is 0. The summed E-state index contributed by atoms with van der Waals surface area (Å²) in [5.74, 6) is 0. The minimum Gasteiger partial charge on any atom is -0.114 e. The van der Waals surface area contributed by atoms with E-state index in [2.05, 4.69) is 0 Å². The molecule has 0 saturated heterocycles. The smallest absolute Gasteiger partial charge is 0.0623 e. The second kappa shape index (κ2) is 22.6. The van der Waals surface area contributed by atoms with Crippen LogP contribution in [0.25, 0.3) is 0 Å². The highest BCUT2D eigenvalue weighted by molar-refractivity contribution is 8.93. The van der Waals surface area contributed by atoms with Crippen LogP contribution < -0.4 is 0 Å². The molecule has 0 N–H and O–H groups in total. The molecule has 0 unspecified atom stereocenters. The van der Waals surface area contributed by atoms with E-state index in [0.717, 1.165) is 0 Å². The Morgan fingerprint density at radius 2 is 0.364 bits per heavy atom. The minimum absolute atomic E-state index is 0. The van der Waals surface area contributed by atoms with Crippen LogP contribution >= 0.6 is 84.9 Å². The Bertz CT molecular complexity index is 82.9. The molecule has 1 rings (SSSR count). The normalized spacial score (nSPS) is 4.36. The number of benzene rings is 1. The predicted molar refractivity (Wildman–Crippen MR) is 78.1 cm³/mol. The van der Waals surface area contributed by atoms with Gasteiger partial charge in [0.25, 0.3) is 0 Å². The van der Waals surface area contributed by atoms with Gasteiger partial charge in [0.1, 0.15) is 0 Å². The molecular weight excluding hydrogens is 472 g/mol. The lowest BCUT2D eigenvalue weighted by Gasteiger charge is -1.69. The molecule has 1 aromatic rings. The van der Waals surface area contributed by atoms with Crippen LogP contribution in [0.1, 0.15) is 0 Å². The summed E-state index contributed by atoms with van der Waals surface area (Å²) in [4.78, 5) is 0. The summed E-state index contributed by atoms with van der Waals surface area (Å²) in [6, 6.07) is 12.0. The lowest BCUT2D eigenvalue weighted by atomic mass is 10.4. The maximum absolute atomic E-state index is 2.00. The molecule has 0 fully saturated rings. The molecule has 0 nitrogen and oxygen atoms in total. The van der Waals surface area contributed by atoms with Gasteiger partial charge in [-0.3, -0.25) is 0 Å². The second-order valence-corrected chi connectivity index (χ2v) is 1.15. The van der Waals surface area contributed by atoms with E-state index in [-0.39, 0.29) is 84.9 Å². The van der Waals surface area contributed by atoms with E-state index < -0.39 is 0 Å². The predicted octanol–water partition coefficient (Wildman–Crippen LogP) is 4.58. The van der Waals surface area contributed by atoms with Gasteiger partial charge in [-0.1, -0.05) is 36.4 Å². The SMILES string of the molecule is Br.Br.Br.Br.Br.c1ccccc1. The number of halogens is 5. The fourth-order valence-corrected chi connectivity index (χ4v) is 0.385. The van der Waals surface area contributed by atoms with E-state index in [9.17, 15) is 0 Å². The monoisotopic (exact) mass is 478 g/mol. The molecule has 0 aliphatic carbocycles. The lowest BCUT2D eigenvalue weighted by Crippen LogP contribution is -1.47. The van der Waals surface area contributed by atoms with Gasteiger partial charge in [-0.15, -0.1) is 84.9 Å². The number of rotatable bonds is 0. The van der Waals surface area contributed by atoms with Crippen molar-refractivity contribution < 1.29 is 0 Å². The van der Waals surface area contributed by atoms with Gasteiger partial charge in [-0.2, -0.15) is 0 Å². The van der Waals surface area contributed by atoms with Gasteiger partial charge in [-0.25, -0.2) is 0 Å². The molecule has 1 aromatic carbocycles. The average molecular weight is 483 g/mol. The first-order valence-electron chi connectivity index (χ1n) is 2.00. The first kappa shape index (κ1) is 29.3. The molecule has 0 aliphatic heterocycles. The Kier molecular flexibility index (Phi) is 60.2. The van der Waals surface area contributed by atoms with Crippen molar-refractivity contribution in [3.8, 4) is 0 Å². The Morgan fingerprint density at radius 3 is 0.455 bits per heavy atom. The van der Waals surface area contributed by atoms with Crippen LogP contribution in [0.3, 0.4) is 0 Å². The third-order valence-electron chi connectivity index (χ3n) is 0.667. The van der Waals surface area contributed by atoms with Gasteiger partial charge in [0.2, 0.25) is 0 Å². The quantitative estimate of drug-likeness (QED) is 0.508. The molecule has 0 spiro atoms. The third-order valence-corrected chi connectivity index (χ3v) is 0.667. The van der Waals surface area contributed by atoms with Crippen molar-refractivity contribution >= 4 is 84.9 Å². The van der Waals surface area contributed by atoms with Crippen LogP contribution in [0.2, 0.25) is 0 Å².